The van der Waals surface area contributed by atoms with E-state index in [1.807, 2.05) is 36.4 Å². The Hall–Kier alpha value is -0.920. The van der Waals surface area contributed by atoms with Gasteiger partial charge >= 0.3 is 0 Å². The molecule has 3 rings (SSSR count). The molecule has 2 aromatic rings. The first-order valence-electron chi connectivity index (χ1n) is 7.56. The largest absolute Gasteiger partial charge is 0.308 e. The molecule has 2 N–H and O–H groups in total. The first-order valence-corrected chi connectivity index (χ1v) is 10.0. The van der Waals surface area contributed by atoms with Crippen LogP contribution in [0.3, 0.4) is 0 Å². The molecular weight excluding hydrogens is 412 g/mol. The molecule has 0 radical (unpaired) electrons. The van der Waals surface area contributed by atoms with Gasteiger partial charge in [-0.25, -0.2) is 13.1 Å². The van der Waals surface area contributed by atoms with Crippen LogP contribution in [0.25, 0.3) is 0 Å². The maximum Gasteiger partial charge on any atom is 0.215 e. The predicted octanol–water partition coefficient (Wildman–Crippen LogP) is 3.18. The van der Waals surface area contributed by atoms with E-state index in [0.717, 1.165) is 23.0 Å². The van der Waals surface area contributed by atoms with Crippen LogP contribution in [-0.2, 0) is 22.2 Å². The van der Waals surface area contributed by atoms with Crippen LogP contribution in [0.5, 0.6) is 0 Å². The Bertz CT molecular complexity index is 781. The monoisotopic (exact) mass is 430 g/mol. The van der Waals surface area contributed by atoms with Crippen LogP contribution >= 0.6 is 28.3 Å². The van der Waals surface area contributed by atoms with Crippen LogP contribution in [0.1, 0.15) is 22.7 Å². The maximum atomic E-state index is 12.3. The van der Waals surface area contributed by atoms with Crippen molar-refractivity contribution in [3.8, 4) is 0 Å². The SMILES string of the molecule is Cl.O=S(=O)(Cc1ccc(Br)cc1)NCC1NCCc2ccccc21. The number of fused-ring (bicyclic) bond motifs is 1. The van der Waals surface area contributed by atoms with E-state index in [0.29, 0.717) is 6.54 Å². The van der Waals surface area contributed by atoms with Gasteiger partial charge in [0.2, 0.25) is 10.0 Å². The summed E-state index contributed by atoms with van der Waals surface area (Å²) in [6.45, 7) is 1.24. The van der Waals surface area contributed by atoms with Crippen molar-refractivity contribution in [2.75, 3.05) is 13.1 Å². The Morgan fingerprint density at radius 3 is 2.58 bits per heavy atom. The van der Waals surface area contributed by atoms with Crippen molar-refractivity contribution in [3.63, 3.8) is 0 Å². The zero-order valence-corrected chi connectivity index (χ0v) is 16.3. The second-order valence-corrected chi connectivity index (χ2v) is 8.41. The van der Waals surface area contributed by atoms with Gasteiger partial charge in [0, 0.05) is 17.1 Å². The van der Waals surface area contributed by atoms with Gasteiger partial charge in [0.05, 0.1) is 5.75 Å². The molecular formula is C17H20BrClN2O2S. The predicted molar refractivity (Wildman–Crippen MR) is 103 cm³/mol. The first kappa shape index (κ1) is 19.4. The van der Waals surface area contributed by atoms with Crippen molar-refractivity contribution in [1.29, 1.82) is 0 Å². The molecule has 0 bridgehead atoms. The van der Waals surface area contributed by atoms with Crippen LogP contribution in [-0.4, -0.2) is 21.5 Å². The summed E-state index contributed by atoms with van der Waals surface area (Å²) in [6.07, 6.45) is 0.984. The average Bonchev–Trinajstić information content (AvgIpc) is 2.55. The lowest BCUT2D eigenvalue weighted by Gasteiger charge is -2.27. The lowest BCUT2D eigenvalue weighted by atomic mass is 9.95. The van der Waals surface area contributed by atoms with Crippen molar-refractivity contribution in [1.82, 2.24) is 10.0 Å². The number of hydrogen-bond acceptors (Lipinski definition) is 3. The highest BCUT2D eigenvalue weighted by Crippen LogP contribution is 2.22. The molecule has 0 aromatic heterocycles. The van der Waals surface area contributed by atoms with E-state index in [-0.39, 0.29) is 24.2 Å². The summed E-state index contributed by atoms with van der Waals surface area (Å²) in [6, 6.07) is 15.6. The average molecular weight is 432 g/mol. The van der Waals surface area contributed by atoms with E-state index in [4.69, 9.17) is 0 Å². The fourth-order valence-corrected chi connectivity index (χ4v) is 4.25. The van der Waals surface area contributed by atoms with E-state index in [2.05, 4.69) is 38.1 Å². The molecule has 1 aliphatic rings. The van der Waals surface area contributed by atoms with E-state index in [1.54, 1.807) is 0 Å². The van der Waals surface area contributed by atoms with Gasteiger partial charge in [0.15, 0.2) is 0 Å². The van der Waals surface area contributed by atoms with Crippen LogP contribution in [0.15, 0.2) is 53.0 Å². The number of halogens is 2. The van der Waals surface area contributed by atoms with Crippen molar-refractivity contribution in [2.24, 2.45) is 0 Å². The van der Waals surface area contributed by atoms with E-state index >= 15 is 0 Å². The number of nitrogens with one attached hydrogen (secondary N) is 2. The minimum Gasteiger partial charge on any atom is -0.308 e. The zero-order chi connectivity index (χ0) is 16.3. The second kappa shape index (κ2) is 8.45. The molecule has 1 unspecified atom stereocenters. The number of hydrogen-bond donors (Lipinski definition) is 2. The van der Waals surface area contributed by atoms with Gasteiger partial charge in [-0.2, -0.15) is 0 Å². The molecule has 24 heavy (non-hydrogen) atoms. The lowest BCUT2D eigenvalue weighted by molar-refractivity contribution is 0.491. The topological polar surface area (TPSA) is 58.2 Å². The summed E-state index contributed by atoms with van der Waals surface area (Å²) in [5, 5.41) is 3.39. The Balaban J connectivity index is 0.00000208. The van der Waals surface area contributed by atoms with Crippen LogP contribution < -0.4 is 10.0 Å². The van der Waals surface area contributed by atoms with Crippen molar-refractivity contribution in [2.45, 2.75) is 18.2 Å². The summed E-state index contributed by atoms with van der Waals surface area (Å²) in [4.78, 5) is 0. The Morgan fingerprint density at radius 2 is 1.83 bits per heavy atom. The molecule has 1 atom stereocenters. The number of benzene rings is 2. The van der Waals surface area contributed by atoms with Gasteiger partial charge in [0.25, 0.3) is 0 Å². The van der Waals surface area contributed by atoms with E-state index < -0.39 is 10.0 Å². The van der Waals surface area contributed by atoms with E-state index in [1.165, 1.54) is 11.1 Å². The molecule has 1 heterocycles. The lowest BCUT2D eigenvalue weighted by Crippen LogP contribution is -2.39. The van der Waals surface area contributed by atoms with Crippen LogP contribution in [0.4, 0.5) is 0 Å². The number of rotatable bonds is 5. The molecule has 7 heteroatoms. The Kier molecular flexibility index (Phi) is 6.83. The molecule has 1 aliphatic heterocycles. The highest BCUT2D eigenvalue weighted by atomic mass is 79.9. The summed E-state index contributed by atoms with van der Waals surface area (Å²) >= 11 is 3.35. The minimum absolute atomic E-state index is 0. The normalized spacial score (nSPS) is 17.0. The molecule has 0 saturated heterocycles. The van der Waals surface area contributed by atoms with Crippen LogP contribution in [0, 0.1) is 0 Å². The maximum absolute atomic E-state index is 12.3. The van der Waals surface area contributed by atoms with Gasteiger partial charge in [-0.3, -0.25) is 0 Å². The Morgan fingerprint density at radius 1 is 1.12 bits per heavy atom. The summed E-state index contributed by atoms with van der Waals surface area (Å²) in [5.74, 6) is -0.00531. The highest BCUT2D eigenvalue weighted by Gasteiger charge is 2.21. The van der Waals surface area contributed by atoms with Gasteiger partial charge in [-0.05, 0) is 41.8 Å². The van der Waals surface area contributed by atoms with Gasteiger partial charge in [0.1, 0.15) is 0 Å². The first-order chi connectivity index (χ1) is 11.0. The van der Waals surface area contributed by atoms with Crippen molar-refractivity contribution < 1.29 is 8.42 Å². The van der Waals surface area contributed by atoms with Crippen molar-refractivity contribution >= 4 is 38.4 Å². The zero-order valence-electron chi connectivity index (χ0n) is 13.0. The standard InChI is InChI=1S/C17H19BrN2O2S.ClH/c18-15-7-5-13(6-8-15)12-23(21,22)20-11-17-16-4-2-1-3-14(16)9-10-19-17;/h1-8,17,19-20H,9-12H2;1H. The Labute approximate surface area is 157 Å². The highest BCUT2D eigenvalue weighted by molar-refractivity contribution is 9.10. The second-order valence-electron chi connectivity index (χ2n) is 5.69. The quantitative estimate of drug-likeness (QED) is 0.764. The molecule has 0 amide bonds. The molecule has 4 nitrogen and oxygen atoms in total. The molecule has 0 aliphatic carbocycles. The fraction of sp³-hybridized carbons (Fsp3) is 0.294. The third kappa shape index (κ3) is 5.04. The third-order valence-corrected chi connectivity index (χ3v) is 5.84. The van der Waals surface area contributed by atoms with Gasteiger partial charge < -0.3 is 5.32 Å². The van der Waals surface area contributed by atoms with Gasteiger partial charge in [-0.15, -0.1) is 12.4 Å². The summed E-state index contributed by atoms with van der Waals surface area (Å²) in [7, 11) is -3.35. The molecule has 130 valence electrons. The molecule has 0 spiro atoms. The molecule has 0 fully saturated rings. The van der Waals surface area contributed by atoms with E-state index in [9.17, 15) is 8.42 Å². The fourth-order valence-electron chi connectivity index (χ4n) is 2.84. The molecule has 0 saturated carbocycles. The molecule has 2 aromatic carbocycles. The third-order valence-electron chi connectivity index (χ3n) is 3.99. The van der Waals surface area contributed by atoms with Crippen LogP contribution in [0.2, 0.25) is 0 Å². The summed E-state index contributed by atoms with van der Waals surface area (Å²) in [5.41, 5.74) is 3.26. The van der Waals surface area contributed by atoms with Gasteiger partial charge in [-0.1, -0.05) is 52.3 Å². The minimum atomic E-state index is -3.35. The summed E-state index contributed by atoms with van der Waals surface area (Å²) < 4.78 is 28.2. The number of sulfonamides is 1. The van der Waals surface area contributed by atoms with Crippen molar-refractivity contribution in [3.05, 3.63) is 69.7 Å². The smallest absolute Gasteiger partial charge is 0.215 e.